The molecule has 1 saturated carbocycles. The van der Waals surface area contributed by atoms with Gasteiger partial charge in [0.1, 0.15) is 6.04 Å². The van der Waals surface area contributed by atoms with Gasteiger partial charge in [0, 0.05) is 22.6 Å². The molecule has 2 rings (SSSR count). The molecule has 0 heterocycles. The zero-order chi connectivity index (χ0) is 20.7. The summed E-state index contributed by atoms with van der Waals surface area (Å²) in [7, 11) is -3.65. The molecule has 1 atom stereocenters. The van der Waals surface area contributed by atoms with Crippen molar-refractivity contribution in [1.29, 1.82) is 0 Å². The van der Waals surface area contributed by atoms with Crippen LogP contribution in [-0.4, -0.2) is 44.2 Å². The van der Waals surface area contributed by atoms with Crippen LogP contribution < -0.4 is 9.62 Å². The SMILES string of the molecule is CC[C@@H](C(=O)NCCSC1CCCCC1)N(c1cc(Cl)ccc1C)S(C)(=O)=O. The van der Waals surface area contributed by atoms with Crippen molar-refractivity contribution in [1.82, 2.24) is 5.32 Å². The number of thioether (sulfide) groups is 1. The van der Waals surface area contributed by atoms with E-state index in [1.54, 1.807) is 18.2 Å². The van der Waals surface area contributed by atoms with Crippen LogP contribution in [-0.2, 0) is 14.8 Å². The summed E-state index contributed by atoms with van der Waals surface area (Å²) in [6.07, 6.45) is 7.94. The van der Waals surface area contributed by atoms with Gasteiger partial charge < -0.3 is 5.32 Å². The second-order valence-electron chi connectivity index (χ2n) is 7.34. The van der Waals surface area contributed by atoms with Crippen molar-refractivity contribution in [3.8, 4) is 0 Å². The zero-order valence-electron chi connectivity index (χ0n) is 16.9. The Morgan fingerprint density at radius 2 is 2.00 bits per heavy atom. The summed E-state index contributed by atoms with van der Waals surface area (Å²) >= 11 is 8.00. The normalized spacial score (nSPS) is 16.6. The second-order valence-corrected chi connectivity index (χ2v) is 11.0. The van der Waals surface area contributed by atoms with Crippen LogP contribution >= 0.6 is 23.4 Å². The third-order valence-corrected chi connectivity index (χ3v) is 7.83. The maximum atomic E-state index is 12.8. The average molecular weight is 447 g/mol. The largest absolute Gasteiger partial charge is 0.353 e. The molecular formula is C20H31ClN2O3S2. The van der Waals surface area contributed by atoms with E-state index in [4.69, 9.17) is 11.6 Å². The molecule has 0 unspecified atom stereocenters. The Hall–Kier alpha value is -0.920. The van der Waals surface area contributed by atoms with E-state index in [1.807, 2.05) is 25.6 Å². The maximum absolute atomic E-state index is 12.8. The number of carbonyl (C=O) groups is 1. The first-order valence-electron chi connectivity index (χ1n) is 9.89. The molecule has 0 bridgehead atoms. The number of carbonyl (C=O) groups excluding carboxylic acids is 1. The van der Waals surface area contributed by atoms with E-state index in [-0.39, 0.29) is 5.91 Å². The van der Waals surface area contributed by atoms with Gasteiger partial charge in [0.25, 0.3) is 0 Å². The summed E-state index contributed by atoms with van der Waals surface area (Å²) < 4.78 is 26.3. The van der Waals surface area contributed by atoms with Gasteiger partial charge in [-0.25, -0.2) is 8.42 Å². The Kier molecular flexibility index (Phi) is 8.96. The molecule has 158 valence electrons. The van der Waals surface area contributed by atoms with Gasteiger partial charge in [-0.2, -0.15) is 11.8 Å². The number of nitrogens with zero attached hydrogens (tertiary/aromatic N) is 1. The maximum Gasteiger partial charge on any atom is 0.243 e. The van der Waals surface area contributed by atoms with E-state index in [9.17, 15) is 13.2 Å². The van der Waals surface area contributed by atoms with E-state index >= 15 is 0 Å². The van der Waals surface area contributed by atoms with Crippen LogP contribution in [0.4, 0.5) is 5.69 Å². The minimum absolute atomic E-state index is 0.267. The highest BCUT2D eigenvalue weighted by atomic mass is 35.5. The predicted molar refractivity (Wildman–Crippen MR) is 120 cm³/mol. The highest BCUT2D eigenvalue weighted by molar-refractivity contribution is 7.99. The molecule has 0 spiro atoms. The van der Waals surface area contributed by atoms with E-state index in [2.05, 4.69) is 5.32 Å². The van der Waals surface area contributed by atoms with Gasteiger partial charge in [0.2, 0.25) is 15.9 Å². The standard InChI is InChI=1S/C20H31ClN2O3S2/c1-4-18(20(24)22-12-13-27-17-8-6-5-7-9-17)23(28(3,25)26)19-14-16(21)11-10-15(19)2/h10-11,14,17-18H,4-9,12-13H2,1-3H3,(H,22,24)/t18-/m0/s1. The summed E-state index contributed by atoms with van der Waals surface area (Å²) in [5, 5.41) is 4.06. The number of aryl methyl sites for hydroxylation is 1. The molecule has 1 aromatic rings. The third-order valence-electron chi connectivity index (χ3n) is 5.05. The zero-order valence-corrected chi connectivity index (χ0v) is 19.3. The summed E-state index contributed by atoms with van der Waals surface area (Å²) in [6, 6.07) is 4.28. The van der Waals surface area contributed by atoms with E-state index in [0.717, 1.165) is 17.6 Å². The second kappa shape index (κ2) is 10.7. The fourth-order valence-electron chi connectivity index (χ4n) is 3.60. The van der Waals surface area contributed by atoms with E-state index in [1.165, 1.54) is 36.4 Å². The van der Waals surface area contributed by atoms with Crippen molar-refractivity contribution in [3.63, 3.8) is 0 Å². The number of benzene rings is 1. The topological polar surface area (TPSA) is 66.5 Å². The molecule has 5 nitrogen and oxygen atoms in total. The van der Waals surface area contributed by atoms with Crippen LogP contribution in [0.1, 0.15) is 51.0 Å². The molecule has 1 fully saturated rings. The molecule has 8 heteroatoms. The van der Waals surface area contributed by atoms with E-state index < -0.39 is 16.1 Å². The van der Waals surface area contributed by atoms with Gasteiger partial charge >= 0.3 is 0 Å². The monoisotopic (exact) mass is 446 g/mol. The molecule has 1 aliphatic carbocycles. The van der Waals surface area contributed by atoms with Crippen molar-refractivity contribution in [2.75, 3.05) is 22.9 Å². The fraction of sp³-hybridized carbons (Fsp3) is 0.650. The number of hydrogen-bond acceptors (Lipinski definition) is 4. The number of hydrogen-bond donors (Lipinski definition) is 1. The molecule has 1 aliphatic rings. The number of nitrogens with one attached hydrogen (secondary N) is 1. The Bertz CT molecular complexity index is 765. The minimum atomic E-state index is -3.65. The van der Waals surface area contributed by atoms with Gasteiger partial charge in [-0.1, -0.05) is 43.9 Å². The van der Waals surface area contributed by atoms with Crippen LogP contribution in [0, 0.1) is 6.92 Å². The van der Waals surface area contributed by atoms with Crippen LogP contribution in [0.15, 0.2) is 18.2 Å². The fourth-order valence-corrected chi connectivity index (χ4v) is 6.25. The molecule has 0 saturated heterocycles. The Balaban J connectivity index is 2.06. The smallest absolute Gasteiger partial charge is 0.243 e. The van der Waals surface area contributed by atoms with Gasteiger partial charge in [-0.05, 0) is 43.9 Å². The van der Waals surface area contributed by atoms with Gasteiger partial charge in [-0.15, -0.1) is 0 Å². The average Bonchev–Trinajstić information content (AvgIpc) is 2.65. The number of anilines is 1. The first kappa shape index (κ1) is 23.4. The quantitative estimate of drug-likeness (QED) is 0.572. The van der Waals surface area contributed by atoms with Gasteiger partial charge in [-0.3, -0.25) is 9.10 Å². The summed E-state index contributed by atoms with van der Waals surface area (Å²) in [6.45, 7) is 4.18. The summed E-state index contributed by atoms with van der Waals surface area (Å²) in [4.78, 5) is 12.8. The van der Waals surface area contributed by atoms with Gasteiger partial charge in [0.05, 0.1) is 11.9 Å². The lowest BCUT2D eigenvalue weighted by Gasteiger charge is -2.31. The third kappa shape index (κ3) is 6.56. The molecule has 0 radical (unpaired) electrons. The number of halogens is 1. The van der Waals surface area contributed by atoms with Crippen LogP contribution in [0.25, 0.3) is 0 Å². The number of rotatable bonds is 9. The molecule has 1 amide bonds. The summed E-state index contributed by atoms with van der Waals surface area (Å²) in [5.41, 5.74) is 1.21. The summed E-state index contributed by atoms with van der Waals surface area (Å²) in [5.74, 6) is 0.582. The molecule has 0 aliphatic heterocycles. The lowest BCUT2D eigenvalue weighted by atomic mass is 10.0. The van der Waals surface area contributed by atoms with Crippen LogP contribution in [0.3, 0.4) is 0 Å². The first-order valence-corrected chi connectivity index (χ1v) is 13.2. The van der Waals surface area contributed by atoms with Crippen molar-refractivity contribution in [2.45, 2.75) is 63.7 Å². The lowest BCUT2D eigenvalue weighted by molar-refractivity contribution is -0.122. The molecule has 1 aromatic carbocycles. The molecule has 1 N–H and O–H groups in total. The molecule has 0 aromatic heterocycles. The predicted octanol–water partition coefficient (Wildman–Crippen LogP) is 4.38. The number of amides is 1. The molecule has 28 heavy (non-hydrogen) atoms. The lowest BCUT2D eigenvalue weighted by Crippen LogP contribution is -2.50. The van der Waals surface area contributed by atoms with E-state index in [0.29, 0.717) is 28.9 Å². The van der Waals surface area contributed by atoms with Crippen molar-refractivity contribution >= 4 is 45.0 Å². The van der Waals surface area contributed by atoms with Crippen molar-refractivity contribution in [3.05, 3.63) is 28.8 Å². The Morgan fingerprint density at radius 1 is 1.32 bits per heavy atom. The highest BCUT2D eigenvalue weighted by Gasteiger charge is 2.32. The Morgan fingerprint density at radius 3 is 2.61 bits per heavy atom. The first-order chi connectivity index (χ1) is 13.2. The Labute approximate surface area is 178 Å². The minimum Gasteiger partial charge on any atom is -0.353 e. The van der Waals surface area contributed by atoms with Crippen molar-refractivity contribution in [2.24, 2.45) is 0 Å². The van der Waals surface area contributed by atoms with Crippen LogP contribution in [0.5, 0.6) is 0 Å². The number of sulfonamides is 1. The highest BCUT2D eigenvalue weighted by Crippen LogP contribution is 2.30. The van der Waals surface area contributed by atoms with Gasteiger partial charge in [0.15, 0.2) is 0 Å². The molecular weight excluding hydrogens is 416 g/mol. The van der Waals surface area contributed by atoms with Crippen LogP contribution in [0.2, 0.25) is 5.02 Å². The van der Waals surface area contributed by atoms with Crippen molar-refractivity contribution < 1.29 is 13.2 Å².